The lowest BCUT2D eigenvalue weighted by Gasteiger charge is -2.34. The first-order valence-corrected chi connectivity index (χ1v) is 9.99. The van der Waals surface area contributed by atoms with Crippen molar-refractivity contribution < 1.29 is 18.0 Å². The summed E-state index contributed by atoms with van der Waals surface area (Å²) in [5.74, 6) is 0.344. The lowest BCUT2D eigenvalue weighted by atomic mass is 10.1. The summed E-state index contributed by atoms with van der Waals surface area (Å²) in [6.07, 6.45) is -2.77. The van der Waals surface area contributed by atoms with Crippen molar-refractivity contribution in [2.24, 2.45) is 0 Å². The molecule has 11 heteroatoms. The SMILES string of the molecule is CCNC(=O)CC1CN(c2ccc(C(F)(F)F)c(-c3[nH]nc4ncccc34)n2)CCN1. The van der Waals surface area contributed by atoms with Crippen molar-refractivity contribution in [2.75, 3.05) is 31.1 Å². The van der Waals surface area contributed by atoms with Gasteiger partial charge in [0, 0.05) is 50.2 Å². The molecule has 3 aromatic rings. The number of nitrogens with one attached hydrogen (secondary N) is 3. The van der Waals surface area contributed by atoms with Crippen LogP contribution < -0.4 is 15.5 Å². The summed E-state index contributed by atoms with van der Waals surface area (Å²) in [6.45, 7) is 4.02. The van der Waals surface area contributed by atoms with Gasteiger partial charge < -0.3 is 15.5 Å². The van der Waals surface area contributed by atoms with E-state index in [4.69, 9.17) is 0 Å². The number of aromatic amines is 1. The maximum absolute atomic E-state index is 13.7. The highest BCUT2D eigenvalue weighted by molar-refractivity contribution is 5.90. The van der Waals surface area contributed by atoms with Gasteiger partial charge in [0.25, 0.3) is 0 Å². The number of carbonyl (C=O) groups excluding carboxylic acids is 1. The second-order valence-corrected chi connectivity index (χ2v) is 7.29. The van der Waals surface area contributed by atoms with E-state index in [9.17, 15) is 18.0 Å². The standard InChI is InChI=1S/C20H22F3N7O/c1-2-24-16(31)10-12-11-30(9-8-25-12)15-6-5-14(20(21,22)23)18(27-15)17-13-4-3-7-26-19(13)29-28-17/h3-7,12,25H,2,8-11H2,1H3,(H,24,31)(H,26,28,29). The van der Waals surface area contributed by atoms with Crippen molar-refractivity contribution >= 4 is 22.8 Å². The molecule has 0 aromatic carbocycles. The number of piperazine rings is 1. The highest BCUT2D eigenvalue weighted by Crippen LogP contribution is 2.38. The third kappa shape index (κ3) is 4.46. The number of rotatable bonds is 5. The van der Waals surface area contributed by atoms with Crippen LogP contribution in [0, 0.1) is 0 Å². The average molecular weight is 433 g/mol. The number of H-pyrrole nitrogens is 1. The molecule has 0 aliphatic carbocycles. The van der Waals surface area contributed by atoms with Crippen molar-refractivity contribution in [2.45, 2.75) is 25.6 Å². The van der Waals surface area contributed by atoms with E-state index >= 15 is 0 Å². The number of amides is 1. The molecule has 4 heterocycles. The van der Waals surface area contributed by atoms with Crippen LogP contribution in [0.3, 0.4) is 0 Å². The summed E-state index contributed by atoms with van der Waals surface area (Å²) < 4.78 is 41.2. The fourth-order valence-electron chi connectivity index (χ4n) is 3.74. The number of anilines is 1. The zero-order chi connectivity index (χ0) is 22.0. The molecule has 31 heavy (non-hydrogen) atoms. The quantitative estimate of drug-likeness (QED) is 0.571. The molecule has 0 saturated carbocycles. The summed E-state index contributed by atoms with van der Waals surface area (Å²) >= 11 is 0. The first-order chi connectivity index (χ1) is 14.9. The van der Waals surface area contributed by atoms with Crippen LogP contribution in [0.1, 0.15) is 18.9 Å². The molecular weight excluding hydrogens is 411 g/mol. The number of hydrogen-bond donors (Lipinski definition) is 3. The first kappa shape index (κ1) is 21.0. The lowest BCUT2D eigenvalue weighted by molar-refractivity contribution is -0.137. The zero-order valence-corrected chi connectivity index (χ0v) is 16.8. The summed E-state index contributed by atoms with van der Waals surface area (Å²) in [4.78, 5) is 22.3. The molecule has 8 nitrogen and oxygen atoms in total. The molecule has 3 N–H and O–H groups in total. The lowest BCUT2D eigenvalue weighted by Crippen LogP contribution is -2.52. The van der Waals surface area contributed by atoms with E-state index in [1.807, 2.05) is 11.8 Å². The molecule has 4 rings (SSSR count). The Labute approximate surface area is 176 Å². The Morgan fingerprint density at radius 2 is 2.16 bits per heavy atom. The summed E-state index contributed by atoms with van der Waals surface area (Å²) in [6, 6.07) is 5.59. The van der Waals surface area contributed by atoms with Crippen molar-refractivity contribution in [1.82, 2.24) is 30.8 Å². The topological polar surface area (TPSA) is 98.8 Å². The number of alkyl halides is 3. The molecular formula is C20H22F3N7O. The van der Waals surface area contributed by atoms with Crippen LogP contribution in [0.25, 0.3) is 22.4 Å². The Bertz CT molecular complexity index is 1080. The first-order valence-electron chi connectivity index (χ1n) is 9.99. The molecule has 0 spiro atoms. The highest BCUT2D eigenvalue weighted by Gasteiger charge is 2.36. The number of aromatic nitrogens is 4. The number of pyridine rings is 2. The summed E-state index contributed by atoms with van der Waals surface area (Å²) in [5, 5.41) is 13.2. The predicted octanol–water partition coefficient (Wildman–Crippen LogP) is 2.34. The number of hydrogen-bond acceptors (Lipinski definition) is 6. The van der Waals surface area contributed by atoms with Crippen molar-refractivity contribution in [3.63, 3.8) is 0 Å². The van der Waals surface area contributed by atoms with E-state index < -0.39 is 11.7 Å². The van der Waals surface area contributed by atoms with Crippen LogP contribution in [0.2, 0.25) is 0 Å². The van der Waals surface area contributed by atoms with E-state index in [0.717, 1.165) is 6.07 Å². The van der Waals surface area contributed by atoms with Gasteiger partial charge in [0.2, 0.25) is 5.91 Å². The van der Waals surface area contributed by atoms with Crippen molar-refractivity contribution in [3.05, 3.63) is 36.0 Å². The molecule has 1 amide bonds. The molecule has 1 saturated heterocycles. The molecule has 1 aliphatic heterocycles. The Kier molecular flexibility index (Phi) is 5.77. The average Bonchev–Trinajstić information content (AvgIpc) is 3.17. The van der Waals surface area contributed by atoms with Gasteiger partial charge in [-0.15, -0.1) is 0 Å². The molecule has 0 radical (unpaired) electrons. The predicted molar refractivity (Wildman–Crippen MR) is 109 cm³/mol. The third-order valence-corrected chi connectivity index (χ3v) is 5.14. The maximum Gasteiger partial charge on any atom is 0.418 e. The highest BCUT2D eigenvalue weighted by atomic mass is 19.4. The third-order valence-electron chi connectivity index (χ3n) is 5.14. The van der Waals surface area contributed by atoms with Crippen LogP contribution in [-0.2, 0) is 11.0 Å². The van der Waals surface area contributed by atoms with E-state index in [-0.39, 0.29) is 29.8 Å². The van der Waals surface area contributed by atoms with Gasteiger partial charge in [-0.3, -0.25) is 9.89 Å². The number of nitrogens with zero attached hydrogens (tertiary/aromatic N) is 4. The minimum atomic E-state index is -4.58. The number of halogens is 3. The van der Waals surface area contributed by atoms with Gasteiger partial charge in [-0.1, -0.05) is 0 Å². The second kappa shape index (κ2) is 8.50. The Balaban J connectivity index is 1.69. The number of carbonyl (C=O) groups is 1. The van der Waals surface area contributed by atoms with Crippen molar-refractivity contribution in [3.8, 4) is 11.4 Å². The van der Waals surface area contributed by atoms with Crippen LogP contribution in [0.4, 0.5) is 19.0 Å². The Morgan fingerprint density at radius 1 is 1.32 bits per heavy atom. The minimum absolute atomic E-state index is 0.0700. The van der Waals surface area contributed by atoms with Crippen LogP contribution in [0.15, 0.2) is 30.5 Å². The van der Waals surface area contributed by atoms with E-state index in [1.165, 1.54) is 12.3 Å². The van der Waals surface area contributed by atoms with Crippen LogP contribution in [0.5, 0.6) is 0 Å². The molecule has 1 fully saturated rings. The fourth-order valence-corrected chi connectivity index (χ4v) is 3.74. The fraction of sp³-hybridized carbons (Fsp3) is 0.400. The van der Waals surface area contributed by atoms with E-state index in [0.29, 0.717) is 43.0 Å². The smallest absolute Gasteiger partial charge is 0.356 e. The number of fused-ring (bicyclic) bond motifs is 1. The van der Waals surface area contributed by atoms with Gasteiger partial charge in [-0.25, -0.2) is 9.97 Å². The van der Waals surface area contributed by atoms with Gasteiger partial charge >= 0.3 is 6.18 Å². The van der Waals surface area contributed by atoms with Crippen molar-refractivity contribution in [1.29, 1.82) is 0 Å². The minimum Gasteiger partial charge on any atom is -0.356 e. The Hall–Kier alpha value is -3.21. The monoisotopic (exact) mass is 433 g/mol. The summed E-state index contributed by atoms with van der Waals surface area (Å²) in [5.41, 5.74) is -0.577. The molecule has 164 valence electrons. The normalized spacial score (nSPS) is 17.2. The molecule has 0 bridgehead atoms. The molecule has 1 unspecified atom stereocenters. The van der Waals surface area contributed by atoms with E-state index in [1.54, 1.807) is 12.1 Å². The summed E-state index contributed by atoms with van der Waals surface area (Å²) in [7, 11) is 0. The van der Waals surface area contributed by atoms with Crippen LogP contribution >= 0.6 is 0 Å². The van der Waals surface area contributed by atoms with Gasteiger partial charge in [-0.2, -0.15) is 18.3 Å². The molecule has 3 aromatic heterocycles. The van der Waals surface area contributed by atoms with E-state index in [2.05, 4.69) is 30.8 Å². The second-order valence-electron chi connectivity index (χ2n) is 7.29. The molecule has 1 atom stereocenters. The maximum atomic E-state index is 13.7. The van der Waals surface area contributed by atoms with Crippen LogP contribution in [-0.4, -0.2) is 58.3 Å². The van der Waals surface area contributed by atoms with Gasteiger partial charge in [0.05, 0.1) is 11.3 Å². The Morgan fingerprint density at radius 3 is 2.94 bits per heavy atom. The largest absolute Gasteiger partial charge is 0.418 e. The molecule has 1 aliphatic rings. The van der Waals surface area contributed by atoms with Gasteiger partial charge in [-0.05, 0) is 31.2 Å². The zero-order valence-electron chi connectivity index (χ0n) is 16.8. The van der Waals surface area contributed by atoms with Gasteiger partial charge in [0.1, 0.15) is 11.5 Å². The van der Waals surface area contributed by atoms with Gasteiger partial charge in [0.15, 0.2) is 5.65 Å².